The van der Waals surface area contributed by atoms with Gasteiger partial charge in [0, 0.05) is 13.1 Å². The molecule has 0 saturated carbocycles. The van der Waals surface area contributed by atoms with Gasteiger partial charge in [0.15, 0.2) is 11.5 Å². The summed E-state index contributed by atoms with van der Waals surface area (Å²) in [4.78, 5) is 12.0. The number of aromatic nitrogens is 3. The first-order valence-electron chi connectivity index (χ1n) is 7.74. The van der Waals surface area contributed by atoms with Crippen molar-refractivity contribution in [2.75, 3.05) is 18.0 Å². The van der Waals surface area contributed by atoms with E-state index in [-0.39, 0.29) is 0 Å². The number of rotatable bonds is 3. The van der Waals surface area contributed by atoms with Gasteiger partial charge in [-0.25, -0.2) is 9.97 Å². The maximum atomic E-state index is 4.88. The van der Waals surface area contributed by atoms with Gasteiger partial charge in [0.05, 0.1) is 22.1 Å². The topological polar surface area (TPSA) is 33.4 Å². The Morgan fingerprint density at radius 1 is 0.818 bits per heavy atom. The molecule has 110 valence electrons. The summed E-state index contributed by atoms with van der Waals surface area (Å²) in [7, 11) is 0. The van der Waals surface area contributed by atoms with Crippen molar-refractivity contribution < 1.29 is 0 Å². The SMILES string of the molecule is CCN(CC)c1nc2ccccc2n2c1nc1ccccc12. The molecule has 4 heteroatoms. The lowest BCUT2D eigenvalue weighted by atomic mass is 10.2. The number of para-hydroxylation sites is 4. The van der Waals surface area contributed by atoms with E-state index < -0.39 is 0 Å². The van der Waals surface area contributed by atoms with Crippen molar-refractivity contribution in [3.63, 3.8) is 0 Å². The summed E-state index contributed by atoms with van der Waals surface area (Å²) in [5, 5.41) is 0. The minimum Gasteiger partial charge on any atom is -0.354 e. The third-order valence-electron chi connectivity index (χ3n) is 4.17. The molecule has 0 bridgehead atoms. The highest BCUT2D eigenvalue weighted by Crippen LogP contribution is 2.28. The molecule has 0 atom stereocenters. The maximum absolute atomic E-state index is 4.88. The van der Waals surface area contributed by atoms with Gasteiger partial charge in [-0.05, 0) is 38.1 Å². The molecule has 0 N–H and O–H groups in total. The summed E-state index contributed by atoms with van der Waals surface area (Å²) in [6, 6.07) is 16.5. The van der Waals surface area contributed by atoms with Crippen LogP contribution in [-0.4, -0.2) is 27.5 Å². The van der Waals surface area contributed by atoms with Crippen molar-refractivity contribution in [1.82, 2.24) is 14.4 Å². The molecule has 0 fully saturated rings. The van der Waals surface area contributed by atoms with Gasteiger partial charge in [-0.15, -0.1) is 0 Å². The largest absolute Gasteiger partial charge is 0.354 e. The average Bonchev–Trinajstić information content (AvgIpc) is 2.96. The van der Waals surface area contributed by atoms with Crippen molar-refractivity contribution >= 4 is 33.5 Å². The van der Waals surface area contributed by atoms with Crippen LogP contribution >= 0.6 is 0 Å². The van der Waals surface area contributed by atoms with E-state index in [1.807, 2.05) is 12.1 Å². The fourth-order valence-electron chi connectivity index (χ4n) is 3.07. The number of benzene rings is 2. The van der Waals surface area contributed by atoms with Crippen LogP contribution in [0.15, 0.2) is 48.5 Å². The number of fused-ring (bicyclic) bond motifs is 5. The van der Waals surface area contributed by atoms with Crippen LogP contribution in [0.4, 0.5) is 5.82 Å². The third-order valence-corrected chi connectivity index (χ3v) is 4.17. The Bertz CT molecular complexity index is 967. The number of hydrogen-bond donors (Lipinski definition) is 0. The fraction of sp³-hybridized carbons (Fsp3) is 0.222. The van der Waals surface area contributed by atoms with Crippen LogP contribution in [0.1, 0.15) is 13.8 Å². The maximum Gasteiger partial charge on any atom is 0.181 e. The molecule has 2 heterocycles. The first-order chi connectivity index (χ1) is 10.8. The lowest BCUT2D eigenvalue weighted by molar-refractivity contribution is 0.849. The van der Waals surface area contributed by atoms with Crippen molar-refractivity contribution in [3.8, 4) is 0 Å². The first kappa shape index (κ1) is 13.1. The van der Waals surface area contributed by atoms with E-state index in [0.717, 1.165) is 46.6 Å². The molecule has 0 unspecified atom stereocenters. The fourth-order valence-corrected chi connectivity index (χ4v) is 3.07. The van der Waals surface area contributed by atoms with E-state index in [1.54, 1.807) is 0 Å². The second-order valence-electron chi connectivity index (χ2n) is 5.36. The summed E-state index contributed by atoms with van der Waals surface area (Å²) >= 11 is 0. The molecule has 0 aliphatic carbocycles. The standard InChI is InChI=1S/C18H18N4/c1-3-21(4-2)17-18-20-14-10-6-8-12-16(14)22(18)15-11-7-5-9-13(15)19-17/h5-12H,3-4H2,1-2H3. The molecule has 2 aromatic carbocycles. The Kier molecular flexibility index (Phi) is 2.96. The van der Waals surface area contributed by atoms with Crippen molar-refractivity contribution in [1.29, 1.82) is 0 Å². The van der Waals surface area contributed by atoms with Crippen LogP contribution in [0.25, 0.3) is 27.7 Å². The van der Waals surface area contributed by atoms with Crippen LogP contribution in [-0.2, 0) is 0 Å². The summed E-state index contributed by atoms with van der Waals surface area (Å²) in [5.41, 5.74) is 5.17. The zero-order valence-corrected chi connectivity index (χ0v) is 12.8. The Labute approximate surface area is 129 Å². The Balaban J connectivity index is 2.23. The van der Waals surface area contributed by atoms with Gasteiger partial charge in [0.1, 0.15) is 0 Å². The van der Waals surface area contributed by atoms with Crippen LogP contribution in [0.3, 0.4) is 0 Å². The summed E-state index contributed by atoms with van der Waals surface area (Å²) in [6.07, 6.45) is 0. The van der Waals surface area contributed by atoms with Crippen LogP contribution < -0.4 is 4.90 Å². The first-order valence-corrected chi connectivity index (χ1v) is 7.74. The molecule has 0 spiro atoms. The molecule has 0 saturated heterocycles. The number of anilines is 1. The van der Waals surface area contributed by atoms with Crippen molar-refractivity contribution in [2.45, 2.75) is 13.8 Å². The van der Waals surface area contributed by atoms with Gasteiger partial charge in [0.2, 0.25) is 0 Å². The zero-order chi connectivity index (χ0) is 15.1. The molecule has 2 aromatic heterocycles. The number of imidazole rings is 1. The molecule has 0 radical (unpaired) electrons. The van der Waals surface area contributed by atoms with Gasteiger partial charge >= 0.3 is 0 Å². The van der Waals surface area contributed by atoms with E-state index in [9.17, 15) is 0 Å². The van der Waals surface area contributed by atoms with Gasteiger partial charge < -0.3 is 4.90 Å². The van der Waals surface area contributed by atoms with Gasteiger partial charge in [-0.3, -0.25) is 4.40 Å². The zero-order valence-electron chi connectivity index (χ0n) is 12.8. The quantitative estimate of drug-likeness (QED) is 0.574. The minimum atomic E-state index is 0.917. The second-order valence-corrected chi connectivity index (χ2v) is 5.36. The monoisotopic (exact) mass is 290 g/mol. The highest BCUT2D eigenvalue weighted by Gasteiger charge is 2.16. The summed E-state index contributed by atoms with van der Waals surface area (Å²) in [6.45, 7) is 6.14. The van der Waals surface area contributed by atoms with Gasteiger partial charge in [-0.2, -0.15) is 0 Å². The van der Waals surface area contributed by atoms with E-state index in [0.29, 0.717) is 0 Å². The summed E-state index contributed by atoms with van der Waals surface area (Å²) in [5.74, 6) is 0.958. The molecule has 4 rings (SSSR count). The van der Waals surface area contributed by atoms with Gasteiger partial charge in [0.25, 0.3) is 0 Å². The Morgan fingerprint density at radius 2 is 1.36 bits per heavy atom. The lowest BCUT2D eigenvalue weighted by Gasteiger charge is -2.21. The van der Waals surface area contributed by atoms with Gasteiger partial charge in [-0.1, -0.05) is 24.3 Å². The van der Waals surface area contributed by atoms with E-state index in [1.165, 1.54) is 0 Å². The smallest absolute Gasteiger partial charge is 0.181 e. The predicted octanol–water partition coefficient (Wildman–Crippen LogP) is 3.88. The highest BCUT2D eigenvalue weighted by molar-refractivity contribution is 5.92. The normalized spacial score (nSPS) is 11.5. The van der Waals surface area contributed by atoms with Crippen LogP contribution in [0, 0.1) is 0 Å². The molecular weight excluding hydrogens is 272 g/mol. The molecule has 22 heavy (non-hydrogen) atoms. The van der Waals surface area contributed by atoms with E-state index >= 15 is 0 Å². The molecule has 0 amide bonds. The second kappa shape index (κ2) is 4.98. The number of hydrogen-bond acceptors (Lipinski definition) is 3. The predicted molar refractivity (Wildman–Crippen MR) is 91.6 cm³/mol. The van der Waals surface area contributed by atoms with E-state index in [4.69, 9.17) is 9.97 Å². The average molecular weight is 290 g/mol. The lowest BCUT2D eigenvalue weighted by Crippen LogP contribution is -2.24. The molecular formula is C18H18N4. The van der Waals surface area contributed by atoms with Crippen molar-refractivity contribution in [3.05, 3.63) is 48.5 Å². The third kappa shape index (κ3) is 1.77. The number of nitrogens with zero attached hydrogens (tertiary/aromatic N) is 4. The van der Waals surface area contributed by atoms with Crippen LogP contribution in [0.2, 0.25) is 0 Å². The minimum absolute atomic E-state index is 0.917. The highest BCUT2D eigenvalue weighted by atomic mass is 15.2. The van der Waals surface area contributed by atoms with Crippen LogP contribution in [0.5, 0.6) is 0 Å². The molecule has 4 nitrogen and oxygen atoms in total. The van der Waals surface area contributed by atoms with Crippen molar-refractivity contribution in [2.24, 2.45) is 0 Å². The summed E-state index contributed by atoms with van der Waals surface area (Å²) < 4.78 is 2.23. The molecule has 4 aromatic rings. The Hall–Kier alpha value is -2.62. The molecule has 0 aliphatic heterocycles. The molecule has 0 aliphatic rings. The Morgan fingerprint density at radius 3 is 1.95 bits per heavy atom. The van der Waals surface area contributed by atoms with E-state index in [2.05, 4.69) is 59.5 Å².